The van der Waals surface area contributed by atoms with Gasteiger partial charge in [-0.3, -0.25) is 18.9 Å². The van der Waals surface area contributed by atoms with Gasteiger partial charge in [0.1, 0.15) is 15.5 Å². The van der Waals surface area contributed by atoms with Gasteiger partial charge in [-0.1, -0.05) is 0 Å². The summed E-state index contributed by atoms with van der Waals surface area (Å²) in [6.45, 7) is 3.77. The van der Waals surface area contributed by atoms with Gasteiger partial charge in [-0.2, -0.15) is 0 Å². The first-order valence-corrected chi connectivity index (χ1v) is 12.6. The quantitative estimate of drug-likeness (QED) is 0.429. The zero-order valence-corrected chi connectivity index (χ0v) is 19.3. The summed E-state index contributed by atoms with van der Waals surface area (Å²) in [5.41, 5.74) is 0.946. The van der Waals surface area contributed by atoms with E-state index < -0.39 is 27.9 Å². The lowest BCUT2D eigenvalue weighted by Crippen LogP contribution is -2.24. The van der Waals surface area contributed by atoms with Gasteiger partial charge in [0.05, 0.1) is 11.6 Å². The highest BCUT2D eigenvalue weighted by Crippen LogP contribution is 2.29. The predicted octanol–water partition coefficient (Wildman–Crippen LogP) is 2.51. The van der Waals surface area contributed by atoms with E-state index in [1.54, 1.807) is 11.5 Å². The van der Waals surface area contributed by atoms with Gasteiger partial charge in [-0.25, -0.2) is 18.2 Å². The Kier molecular flexibility index (Phi) is 5.63. The Hall–Kier alpha value is -3.05. The Bertz CT molecular complexity index is 1400. The maximum Gasteiger partial charge on any atom is 0.349 e. The molecule has 11 heteroatoms. The summed E-state index contributed by atoms with van der Waals surface area (Å²) in [5, 5.41) is 0.417. The van der Waals surface area contributed by atoms with Crippen molar-refractivity contribution in [1.82, 2.24) is 9.55 Å². The van der Waals surface area contributed by atoms with Crippen LogP contribution in [0.15, 0.2) is 29.1 Å². The molecule has 0 aliphatic carbocycles. The fourth-order valence-electron chi connectivity index (χ4n) is 3.69. The van der Waals surface area contributed by atoms with Crippen LogP contribution in [0.1, 0.15) is 44.8 Å². The molecule has 0 spiro atoms. The minimum Gasteiger partial charge on any atom is -0.450 e. The van der Waals surface area contributed by atoms with Crippen molar-refractivity contribution in [2.24, 2.45) is 0 Å². The number of aromatic nitrogens is 2. The second-order valence-electron chi connectivity index (χ2n) is 7.69. The SMILES string of the molecule is Cc1c(C(=O)OC(C)C(=O)c2ccc(NS(C)(=O)=O)cc2)sc2nc3n(c(=O)c12)CCC3. The standard InChI is InChI=1S/C21H21N3O6S2/c1-11-16-19(22-15-5-4-10-24(15)20(16)26)31-18(11)21(27)30-12(2)17(25)13-6-8-14(9-7-13)23-32(3,28)29/h6-9,12,23H,4-5,10H2,1-3H3. The zero-order chi connectivity index (χ0) is 23.2. The van der Waals surface area contributed by atoms with Crippen LogP contribution in [0, 0.1) is 6.92 Å². The largest absolute Gasteiger partial charge is 0.450 e. The number of thiophene rings is 1. The predicted molar refractivity (Wildman–Crippen MR) is 121 cm³/mol. The van der Waals surface area contributed by atoms with Crippen LogP contribution < -0.4 is 10.3 Å². The lowest BCUT2D eigenvalue weighted by atomic mass is 10.1. The molecule has 0 fully saturated rings. The van der Waals surface area contributed by atoms with Gasteiger partial charge in [0.25, 0.3) is 5.56 Å². The van der Waals surface area contributed by atoms with Crippen LogP contribution in [0.4, 0.5) is 5.69 Å². The molecule has 3 heterocycles. The molecule has 0 radical (unpaired) electrons. The molecule has 0 bridgehead atoms. The molecule has 1 aliphatic heterocycles. The molecule has 1 aliphatic rings. The van der Waals surface area contributed by atoms with E-state index in [9.17, 15) is 22.8 Å². The van der Waals surface area contributed by atoms with E-state index in [4.69, 9.17) is 4.74 Å². The van der Waals surface area contributed by atoms with Crippen molar-refractivity contribution >= 4 is 49.0 Å². The molecule has 32 heavy (non-hydrogen) atoms. The van der Waals surface area contributed by atoms with Gasteiger partial charge in [-0.15, -0.1) is 11.3 Å². The van der Waals surface area contributed by atoms with Crippen LogP contribution in [-0.2, 0) is 27.7 Å². The number of carbonyl (C=O) groups is 2. The molecule has 0 saturated heterocycles. The fourth-order valence-corrected chi connectivity index (χ4v) is 5.33. The first-order chi connectivity index (χ1) is 15.0. The number of hydrogen-bond donors (Lipinski definition) is 1. The minimum absolute atomic E-state index is 0.151. The van der Waals surface area contributed by atoms with E-state index in [-0.39, 0.29) is 16.0 Å². The summed E-state index contributed by atoms with van der Waals surface area (Å²) < 4.78 is 31.9. The Morgan fingerprint density at radius 3 is 2.59 bits per heavy atom. The third-order valence-electron chi connectivity index (χ3n) is 5.22. The topological polar surface area (TPSA) is 124 Å². The van der Waals surface area contributed by atoms with E-state index in [0.29, 0.717) is 28.0 Å². The highest BCUT2D eigenvalue weighted by atomic mass is 32.2. The molecule has 0 saturated carbocycles. The van der Waals surface area contributed by atoms with Crippen LogP contribution >= 0.6 is 11.3 Å². The molecular weight excluding hydrogens is 454 g/mol. The number of rotatable bonds is 6. The van der Waals surface area contributed by atoms with E-state index in [0.717, 1.165) is 36.3 Å². The highest BCUT2D eigenvalue weighted by molar-refractivity contribution is 7.92. The maximum atomic E-state index is 12.8. The number of sulfonamides is 1. The third-order valence-corrected chi connectivity index (χ3v) is 6.99. The van der Waals surface area contributed by atoms with Crippen molar-refractivity contribution in [2.45, 2.75) is 39.3 Å². The molecule has 9 nitrogen and oxygen atoms in total. The third kappa shape index (κ3) is 4.17. The molecule has 1 atom stereocenters. The second-order valence-corrected chi connectivity index (χ2v) is 10.4. The summed E-state index contributed by atoms with van der Waals surface area (Å²) >= 11 is 1.09. The number of ketones is 1. The van der Waals surface area contributed by atoms with Crippen LogP contribution in [0.3, 0.4) is 0 Å². The average molecular weight is 476 g/mol. The van der Waals surface area contributed by atoms with Crippen LogP contribution in [0.2, 0.25) is 0 Å². The Morgan fingerprint density at radius 1 is 1.25 bits per heavy atom. The lowest BCUT2D eigenvalue weighted by Gasteiger charge is -2.12. The molecule has 4 rings (SSSR count). The first-order valence-electron chi connectivity index (χ1n) is 9.91. The van der Waals surface area contributed by atoms with Crippen molar-refractivity contribution in [3.05, 3.63) is 56.4 Å². The van der Waals surface area contributed by atoms with Gasteiger partial charge < -0.3 is 4.74 Å². The molecular formula is C21H21N3O6S2. The highest BCUT2D eigenvalue weighted by Gasteiger charge is 2.26. The first kappa shape index (κ1) is 22.2. The minimum atomic E-state index is -3.43. The number of aryl methyl sites for hydroxylation is 2. The Balaban J connectivity index is 1.53. The fraction of sp³-hybridized carbons (Fsp3) is 0.333. The van der Waals surface area contributed by atoms with Gasteiger partial charge in [0.2, 0.25) is 15.8 Å². The number of hydrogen-bond acceptors (Lipinski definition) is 8. The number of esters is 1. The van der Waals surface area contributed by atoms with Gasteiger partial charge >= 0.3 is 5.97 Å². The Morgan fingerprint density at radius 2 is 1.94 bits per heavy atom. The molecule has 0 amide bonds. The summed E-state index contributed by atoms with van der Waals surface area (Å²) in [5.74, 6) is -0.396. The van der Waals surface area contributed by atoms with Crippen molar-refractivity contribution < 1.29 is 22.7 Å². The smallest absolute Gasteiger partial charge is 0.349 e. The van der Waals surface area contributed by atoms with Crippen molar-refractivity contribution in [2.75, 3.05) is 11.0 Å². The van der Waals surface area contributed by atoms with Crippen LogP contribution in [-0.4, -0.2) is 42.1 Å². The average Bonchev–Trinajstić information content (AvgIpc) is 3.32. The molecule has 168 valence electrons. The zero-order valence-electron chi connectivity index (χ0n) is 17.7. The maximum absolute atomic E-state index is 12.8. The number of ether oxygens (including phenoxy) is 1. The van der Waals surface area contributed by atoms with Gasteiger partial charge in [0.15, 0.2) is 6.10 Å². The number of anilines is 1. The molecule has 1 N–H and O–H groups in total. The van der Waals surface area contributed by atoms with Crippen molar-refractivity contribution in [3.63, 3.8) is 0 Å². The van der Waals surface area contributed by atoms with E-state index in [1.165, 1.54) is 31.2 Å². The Labute approximate surface area is 188 Å². The second kappa shape index (κ2) is 8.14. The number of carbonyl (C=O) groups excluding carboxylic acids is 2. The summed E-state index contributed by atoms with van der Waals surface area (Å²) in [6.07, 6.45) is 1.56. The molecule has 1 unspecified atom stereocenters. The molecule has 2 aromatic heterocycles. The molecule has 3 aromatic rings. The van der Waals surface area contributed by atoms with Crippen LogP contribution in [0.5, 0.6) is 0 Å². The van der Waals surface area contributed by atoms with Gasteiger partial charge in [0, 0.05) is 24.2 Å². The lowest BCUT2D eigenvalue weighted by molar-refractivity contribution is 0.0323. The monoisotopic (exact) mass is 475 g/mol. The summed E-state index contributed by atoms with van der Waals surface area (Å²) in [4.78, 5) is 43.5. The van der Waals surface area contributed by atoms with E-state index in [1.807, 2.05) is 0 Å². The van der Waals surface area contributed by atoms with Crippen LogP contribution in [0.25, 0.3) is 10.2 Å². The number of fused-ring (bicyclic) bond motifs is 2. The number of nitrogens with one attached hydrogen (secondary N) is 1. The number of nitrogens with zero attached hydrogens (tertiary/aromatic N) is 2. The van der Waals surface area contributed by atoms with E-state index >= 15 is 0 Å². The van der Waals surface area contributed by atoms with E-state index in [2.05, 4.69) is 9.71 Å². The summed E-state index contributed by atoms with van der Waals surface area (Å²) in [6, 6.07) is 5.82. The summed E-state index contributed by atoms with van der Waals surface area (Å²) in [7, 11) is -3.43. The normalized spacial score (nSPS) is 14.2. The van der Waals surface area contributed by atoms with Crippen molar-refractivity contribution in [1.29, 1.82) is 0 Å². The number of Topliss-reactive ketones (excluding diaryl/α,β-unsaturated/α-hetero) is 1. The van der Waals surface area contributed by atoms with Gasteiger partial charge in [-0.05, 0) is 50.1 Å². The van der Waals surface area contributed by atoms with Crippen molar-refractivity contribution in [3.8, 4) is 0 Å². The molecule has 1 aromatic carbocycles. The number of benzene rings is 1.